The molecule has 0 saturated carbocycles. The van der Waals surface area contributed by atoms with Crippen LogP contribution in [0.2, 0.25) is 0 Å². The summed E-state index contributed by atoms with van der Waals surface area (Å²) in [6.07, 6.45) is 6.03. The molecule has 1 aromatic carbocycles. The van der Waals surface area contributed by atoms with Gasteiger partial charge in [0.1, 0.15) is 17.7 Å². The smallest absolute Gasteiger partial charge is 0.310 e. The fourth-order valence-electron chi connectivity index (χ4n) is 2.56. The first-order chi connectivity index (χ1) is 12.7. The van der Waals surface area contributed by atoms with Crippen molar-refractivity contribution >= 4 is 40.5 Å². The number of benzene rings is 1. The fraction of sp³-hybridized carbons (Fsp3) is 0. The van der Waals surface area contributed by atoms with Gasteiger partial charge >= 0.3 is 5.69 Å². The number of aromatic nitrogens is 4. The van der Waals surface area contributed by atoms with Crippen molar-refractivity contribution in [3.63, 3.8) is 0 Å². The highest BCUT2D eigenvalue weighted by molar-refractivity contribution is 5.92. The van der Waals surface area contributed by atoms with Gasteiger partial charge in [0.15, 0.2) is 5.82 Å². The molecule has 0 unspecified atom stereocenters. The van der Waals surface area contributed by atoms with Crippen LogP contribution in [0.4, 0.5) is 17.2 Å². The number of hydrogen-bond acceptors (Lipinski definition) is 7. The van der Waals surface area contributed by atoms with Crippen LogP contribution in [-0.4, -0.2) is 24.9 Å². The number of para-hydroxylation sites is 1. The summed E-state index contributed by atoms with van der Waals surface area (Å²) in [5, 5.41) is 15.1. The molecule has 3 aromatic heterocycles. The van der Waals surface area contributed by atoms with Crippen molar-refractivity contribution < 1.29 is 4.92 Å². The van der Waals surface area contributed by atoms with Gasteiger partial charge in [-0.25, -0.2) is 9.97 Å². The Hall–Kier alpha value is -3.65. The SMILES string of the molecule is Cl.O=[N+]([O-])c1cnccc1Nc1nc(-c2cccnc2)nc2ccccc12. The number of fused-ring (bicyclic) bond motifs is 1. The molecule has 134 valence electrons. The molecule has 8 nitrogen and oxygen atoms in total. The van der Waals surface area contributed by atoms with Gasteiger partial charge in [0.2, 0.25) is 0 Å². The highest BCUT2D eigenvalue weighted by Gasteiger charge is 2.16. The summed E-state index contributed by atoms with van der Waals surface area (Å²) in [5.41, 5.74) is 1.66. The third-order valence-electron chi connectivity index (χ3n) is 3.77. The molecule has 0 bridgehead atoms. The van der Waals surface area contributed by atoms with Crippen molar-refractivity contribution in [3.05, 3.63) is 77.4 Å². The summed E-state index contributed by atoms with van der Waals surface area (Å²) >= 11 is 0. The number of nitrogens with zero attached hydrogens (tertiary/aromatic N) is 5. The average molecular weight is 381 g/mol. The van der Waals surface area contributed by atoms with Gasteiger partial charge in [0.05, 0.1) is 10.4 Å². The maximum atomic E-state index is 11.2. The van der Waals surface area contributed by atoms with Crippen LogP contribution in [-0.2, 0) is 0 Å². The average Bonchev–Trinajstić information content (AvgIpc) is 2.69. The number of pyridine rings is 2. The predicted octanol–water partition coefficient (Wildman–Crippen LogP) is 4.16. The quantitative estimate of drug-likeness (QED) is 0.418. The lowest BCUT2D eigenvalue weighted by atomic mass is 10.2. The second-order valence-corrected chi connectivity index (χ2v) is 5.43. The molecular formula is C18H13ClN6O2. The molecule has 3 heterocycles. The third kappa shape index (κ3) is 3.65. The zero-order valence-corrected chi connectivity index (χ0v) is 14.6. The number of anilines is 2. The summed E-state index contributed by atoms with van der Waals surface area (Å²) in [6, 6.07) is 12.7. The Labute approximate surface area is 159 Å². The van der Waals surface area contributed by atoms with E-state index in [0.717, 1.165) is 16.5 Å². The van der Waals surface area contributed by atoms with Gasteiger partial charge in [-0.1, -0.05) is 12.1 Å². The lowest BCUT2D eigenvalue weighted by molar-refractivity contribution is -0.384. The molecular weight excluding hydrogens is 368 g/mol. The monoisotopic (exact) mass is 380 g/mol. The first-order valence-electron chi connectivity index (χ1n) is 7.75. The molecule has 27 heavy (non-hydrogen) atoms. The summed E-state index contributed by atoms with van der Waals surface area (Å²) in [4.78, 5) is 27.8. The van der Waals surface area contributed by atoms with Crippen molar-refractivity contribution in [2.45, 2.75) is 0 Å². The van der Waals surface area contributed by atoms with Crippen LogP contribution in [0.25, 0.3) is 22.3 Å². The van der Waals surface area contributed by atoms with Crippen LogP contribution in [0.15, 0.2) is 67.3 Å². The number of nitro groups is 1. The van der Waals surface area contributed by atoms with E-state index in [9.17, 15) is 10.1 Å². The van der Waals surface area contributed by atoms with Crippen LogP contribution >= 0.6 is 12.4 Å². The Bertz CT molecular complexity index is 1110. The minimum atomic E-state index is -0.485. The second-order valence-electron chi connectivity index (χ2n) is 5.43. The number of rotatable bonds is 4. The summed E-state index contributed by atoms with van der Waals surface area (Å²) in [7, 11) is 0. The van der Waals surface area contributed by atoms with Gasteiger partial charge in [-0.2, -0.15) is 0 Å². The fourth-order valence-corrected chi connectivity index (χ4v) is 2.56. The predicted molar refractivity (Wildman–Crippen MR) is 104 cm³/mol. The Morgan fingerprint density at radius 1 is 0.926 bits per heavy atom. The van der Waals surface area contributed by atoms with E-state index in [2.05, 4.69) is 25.3 Å². The van der Waals surface area contributed by atoms with Crippen molar-refractivity contribution in [1.29, 1.82) is 0 Å². The van der Waals surface area contributed by atoms with Gasteiger partial charge in [-0.3, -0.25) is 20.1 Å². The molecule has 0 atom stereocenters. The van der Waals surface area contributed by atoms with Gasteiger partial charge in [0, 0.05) is 29.5 Å². The van der Waals surface area contributed by atoms with Gasteiger partial charge in [-0.05, 0) is 30.3 Å². The van der Waals surface area contributed by atoms with Gasteiger partial charge < -0.3 is 5.32 Å². The summed E-state index contributed by atoms with van der Waals surface area (Å²) in [6.45, 7) is 0. The Kier molecular flexibility index (Phi) is 5.18. The van der Waals surface area contributed by atoms with E-state index in [-0.39, 0.29) is 18.1 Å². The van der Waals surface area contributed by atoms with Gasteiger partial charge in [-0.15, -0.1) is 12.4 Å². The number of nitrogens with one attached hydrogen (secondary N) is 1. The Morgan fingerprint density at radius 2 is 1.74 bits per heavy atom. The van der Waals surface area contributed by atoms with Crippen LogP contribution in [0, 0.1) is 10.1 Å². The molecule has 1 N–H and O–H groups in total. The summed E-state index contributed by atoms with van der Waals surface area (Å²) in [5.74, 6) is 0.958. The molecule has 4 rings (SSSR count). The molecule has 0 aliphatic heterocycles. The molecule has 4 aromatic rings. The third-order valence-corrected chi connectivity index (χ3v) is 3.77. The van der Waals surface area contributed by atoms with Crippen LogP contribution in [0.3, 0.4) is 0 Å². The van der Waals surface area contributed by atoms with Crippen LogP contribution < -0.4 is 5.32 Å². The molecule has 0 fully saturated rings. The highest BCUT2D eigenvalue weighted by atomic mass is 35.5. The Morgan fingerprint density at radius 3 is 2.52 bits per heavy atom. The van der Waals surface area contributed by atoms with Crippen LogP contribution in [0.5, 0.6) is 0 Å². The van der Waals surface area contributed by atoms with E-state index in [1.54, 1.807) is 24.5 Å². The van der Waals surface area contributed by atoms with E-state index >= 15 is 0 Å². The standard InChI is InChI=1S/C18H12N6O2.ClH/c25-24(26)16-11-20-9-7-15(16)22-18-13-5-1-2-6-14(13)21-17(23-18)12-4-3-8-19-10-12;/h1-11H,(H,20,21,22,23);1H. The van der Waals surface area contributed by atoms with Crippen molar-refractivity contribution in [1.82, 2.24) is 19.9 Å². The van der Waals surface area contributed by atoms with E-state index in [0.29, 0.717) is 17.3 Å². The zero-order valence-electron chi connectivity index (χ0n) is 13.8. The second kappa shape index (κ2) is 7.71. The molecule has 0 aliphatic carbocycles. The molecule has 0 radical (unpaired) electrons. The lowest BCUT2D eigenvalue weighted by Gasteiger charge is -2.11. The Balaban J connectivity index is 0.00000210. The van der Waals surface area contributed by atoms with Crippen molar-refractivity contribution in [3.8, 4) is 11.4 Å². The maximum absolute atomic E-state index is 11.2. The largest absolute Gasteiger partial charge is 0.334 e. The molecule has 9 heteroatoms. The normalized spacial score (nSPS) is 10.2. The van der Waals surface area contributed by atoms with E-state index in [1.165, 1.54) is 12.4 Å². The molecule has 0 aliphatic rings. The van der Waals surface area contributed by atoms with E-state index in [4.69, 9.17) is 0 Å². The lowest BCUT2D eigenvalue weighted by Crippen LogP contribution is -2.02. The maximum Gasteiger partial charge on any atom is 0.310 e. The minimum absolute atomic E-state index is 0. The van der Waals surface area contributed by atoms with Crippen molar-refractivity contribution in [2.75, 3.05) is 5.32 Å². The number of halogens is 1. The van der Waals surface area contributed by atoms with Gasteiger partial charge in [0.25, 0.3) is 0 Å². The topological polar surface area (TPSA) is 107 Å². The minimum Gasteiger partial charge on any atom is -0.334 e. The highest BCUT2D eigenvalue weighted by Crippen LogP contribution is 2.30. The van der Waals surface area contributed by atoms with E-state index in [1.807, 2.05) is 30.3 Å². The number of hydrogen-bond donors (Lipinski definition) is 1. The first kappa shape index (κ1) is 18.2. The molecule has 0 saturated heterocycles. The molecule has 0 spiro atoms. The van der Waals surface area contributed by atoms with Crippen LogP contribution in [0.1, 0.15) is 0 Å². The zero-order chi connectivity index (χ0) is 17.9. The van der Waals surface area contributed by atoms with Crippen molar-refractivity contribution in [2.24, 2.45) is 0 Å². The summed E-state index contributed by atoms with van der Waals surface area (Å²) < 4.78 is 0. The van der Waals surface area contributed by atoms with E-state index < -0.39 is 4.92 Å². The first-order valence-corrected chi connectivity index (χ1v) is 7.75. The molecule has 0 amide bonds.